The van der Waals surface area contributed by atoms with Gasteiger partial charge in [0.2, 0.25) is 0 Å². The van der Waals surface area contributed by atoms with Gasteiger partial charge in [-0.3, -0.25) is 0 Å². The SMILES string of the molecule is OCc1cccc(C[PH](c2ccccc2)(c2ccccc2)c2ccccc2)c1. The molecule has 140 valence electrons. The third-order valence-corrected chi connectivity index (χ3v) is 10.3. The van der Waals surface area contributed by atoms with Crippen molar-refractivity contribution in [2.75, 3.05) is 0 Å². The van der Waals surface area contributed by atoms with Crippen molar-refractivity contribution in [2.24, 2.45) is 0 Å². The monoisotopic (exact) mass is 384 g/mol. The molecular formula is C26H25OP. The van der Waals surface area contributed by atoms with E-state index >= 15 is 0 Å². The molecule has 0 amide bonds. The van der Waals surface area contributed by atoms with Gasteiger partial charge in [0.1, 0.15) is 0 Å². The summed E-state index contributed by atoms with van der Waals surface area (Å²) < 4.78 is 0. The van der Waals surface area contributed by atoms with Crippen LogP contribution in [-0.4, -0.2) is 5.11 Å². The van der Waals surface area contributed by atoms with Crippen LogP contribution in [0.1, 0.15) is 11.1 Å². The molecule has 0 aliphatic carbocycles. The van der Waals surface area contributed by atoms with Crippen molar-refractivity contribution < 1.29 is 5.11 Å². The zero-order valence-electron chi connectivity index (χ0n) is 15.8. The van der Waals surface area contributed by atoms with Gasteiger partial charge >= 0.3 is 167 Å². The number of hydrogen-bond acceptors (Lipinski definition) is 1. The second-order valence-corrected chi connectivity index (χ2v) is 11.1. The first-order valence-electron chi connectivity index (χ1n) is 9.68. The van der Waals surface area contributed by atoms with E-state index in [1.54, 1.807) is 0 Å². The second kappa shape index (κ2) is 8.52. The molecule has 0 radical (unpaired) electrons. The fourth-order valence-electron chi connectivity index (χ4n) is 4.12. The van der Waals surface area contributed by atoms with Gasteiger partial charge in [-0.25, -0.2) is 0 Å². The summed E-state index contributed by atoms with van der Waals surface area (Å²) in [6.07, 6.45) is 0.957. The third kappa shape index (κ3) is 3.64. The van der Waals surface area contributed by atoms with Crippen LogP contribution in [0.15, 0.2) is 115 Å². The van der Waals surface area contributed by atoms with Gasteiger partial charge in [0.25, 0.3) is 0 Å². The van der Waals surface area contributed by atoms with Crippen LogP contribution in [0.25, 0.3) is 0 Å². The molecule has 0 heterocycles. The van der Waals surface area contributed by atoms with E-state index in [1.807, 2.05) is 6.07 Å². The van der Waals surface area contributed by atoms with Crippen molar-refractivity contribution >= 4 is 23.2 Å². The summed E-state index contributed by atoms with van der Waals surface area (Å²) in [6.45, 7) is 0.0738. The van der Waals surface area contributed by atoms with Gasteiger partial charge in [0.05, 0.1) is 0 Å². The van der Waals surface area contributed by atoms with Crippen molar-refractivity contribution in [3.8, 4) is 0 Å². The quantitative estimate of drug-likeness (QED) is 0.489. The standard InChI is InChI=1S/C26H25OP/c27-20-22-11-10-12-23(19-22)21-28(24-13-4-1-5-14-24,25-15-6-2-7-16-25)26-17-8-3-9-18-26/h1-19,27-28H,20-21H2. The van der Waals surface area contributed by atoms with Crippen molar-refractivity contribution in [1.29, 1.82) is 0 Å². The van der Waals surface area contributed by atoms with Gasteiger partial charge in [-0.15, -0.1) is 0 Å². The molecule has 0 saturated carbocycles. The topological polar surface area (TPSA) is 20.2 Å². The van der Waals surface area contributed by atoms with E-state index in [0.717, 1.165) is 11.7 Å². The van der Waals surface area contributed by atoms with Crippen LogP contribution >= 0.6 is 7.26 Å². The first kappa shape index (κ1) is 18.6. The molecule has 1 nitrogen and oxygen atoms in total. The predicted molar refractivity (Wildman–Crippen MR) is 123 cm³/mol. The minimum atomic E-state index is -2.28. The Bertz CT molecular complexity index is 917. The molecule has 0 fully saturated rings. The van der Waals surface area contributed by atoms with Crippen LogP contribution < -0.4 is 15.9 Å². The summed E-state index contributed by atoms with van der Waals surface area (Å²) in [5.74, 6) is 0. The average molecular weight is 384 g/mol. The molecule has 0 bridgehead atoms. The molecular weight excluding hydrogens is 359 g/mol. The maximum atomic E-state index is 9.62. The fourth-order valence-corrected chi connectivity index (χ4v) is 8.85. The van der Waals surface area contributed by atoms with E-state index in [1.165, 1.54) is 21.5 Å². The van der Waals surface area contributed by atoms with Crippen molar-refractivity contribution in [1.82, 2.24) is 0 Å². The normalized spacial score (nSPS) is 11.9. The van der Waals surface area contributed by atoms with Crippen LogP contribution in [0, 0.1) is 0 Å². The third-order valence-electron chi connectivity index (χ3n) is 5.44. The number of aliphatic hydroxyl groups excluding tert-OH is 1. The van der Waals surface area contributed by atoms with Gasteiger partial charge in [-0.1, -0.05) is 0 Å². The Labute approximate surface area is 167 Å². The van der Waals surface area contributed by atoms with E-state index in [-0.39, 0.29) is 6.61 Å². The van der Waals surface area contributed by atoms with Crippen LogP contribution in [0.4, 0.5) is 0 Å². The number of aliphatic hydroxyl groups is 1. The number of benzene rings is 4. The van der Waals surface area contributed by atoms with Gasteiger partial charge < -0.3 is 0 Å². The number of hydrogen-bond donors (Lipinski definition) is 1. The summed E-state index contributed by atoms with van der Waals surface area (Å²) in [4.78, 5) is 0. The summed E-state index contributed by atoms with van der Waals surface area (Å²) in [5, 5.41) is 13.8. The van der Waals surface area contributed by atoms with Crippen molar-refractivity contribution in [2.45, 2.75) is 12.8 Å². The molecule has 4 aromatic carbocycles. The number of rotatable bonds is 6. The first-order chi connectivity index (χ1) is 13.8. The van der Waals surface area contributed by atoms with Crippen LogP contribution in [0.5, 0.6) is 0 Å². The Balaban J connectivity index is 1.98. The summed E-state index contributed by atoms with van der Waals surface area (Å²) in [6, 6.07) is 41.2. The maximum absolute atomic E-state index is 9.62. The van der Waals surface area contributed by atoms with Crippen LogP contribution in [-0.2, 0) is 12.8 Å². The average Bonchev–Trinajstić information content (AvgIpc) is 2.79. The molecule has 2 heteroatoms. The molecule has 1 N–H and O–H groups in total. The van der Waals surface area contributed by atoms with Gasteiger partial charge in [-0.2, -0.15) is 0 Å². The van der Waals surface area contributed by atoms with E-state index in [9.17, 15) is 5.11 Å². The Hall–Kier alpha value is -2.73. The summed E-state index contributed by atoms with van der Waals surface area (Å²) in [5.41, 5.74) is 2.24. The van der Waals surface area contributed by atoms with Crippen molar-refractivity contribution in [3.63, 3.8) is 0 Å². The Morgan fingerprint density at radius 3 is 1.36 bits per heavy atom. The zero-order chi connectivity index (χ0) is 19.2. The molecule has 28 heavy (non-hydrogen) atoms. The second-order valence-electron chi connectivity index (χ2n) is 7.16. The molecule has 4 rings (SSSR count). The molecule has 0 atom stereocenters. The van der Waals surface area contributed by atoms with E-state index in [2.05, 4.69) is 109 Å². The van der Waals surface area contributed by atoms with Gasteiger partial charge in [0.15, 0.2) is 0 Å². The molecule has 0 aromatic heterocycles. The Morgan fingerprint density at radius 2 is 0.929 bits per heavy atom. The molecule has 0 aliphatic heterocycles. The fraction of sp³-hybridized carbons (Fsp3) is 0.0769. The van der Waals surface area contributed by atoms with E-state index in [0.29, 0.717) is 0 Å². The first-order valence-corrected chi connectivity index (χ1v) is 11.9. The van der Waals surface area contributed by atoms with Crippen LogP contribution in [0.3, 0.4) is 0 Å². The van der Waals surface area contributed by atoms with Gasteiger partial charge in [0, 0.05) is 0 Å². The molecule has 0 spiro atoms. The Kier molecular flexibility index (Phi) is 5.67. The molecule has 4 aromatic rings. The van der Waals surface area contributed by atoms with E-state index < -0.39 is 7.26 Å². The predicted octanol–water partition coefficient (Wildman–Crippen LogP) is 4.41. The summed E-state index contributed by atoms with van der Waals surface area (Å²) >= 11 is 0. The minimum absolute atomic E-state index is 0.0738. The Morgan fingerprint density at radius 1 is 0.500 bits per heavy atom. The van der Waals surface area contributed by atoms with Gasteiger partial charge in [-0.05, 0) is 0 Å². The zero-order valence-corrected chi connectivity index (χ0v) is 16.8. The molecule has 0 aliphatic rings. The molecule has 0 saturated heterocycles. The van der Waals surface area contributed by atoms with Crippen molar-refractivity contribution in [3.05, 3.63) is 126 Å². The van der Waals surface area contributed by atoms with E-state index in [4.69, 9.17) is 0 Å². The summed E-state index contributed by atoms with van der Waals surface area (Å²) in [7, 11) is -2.28. The molecule has 0 unspecified atom stereocenters. The van der Waals surface area contributed by atoms with Crippen LogP contribution in [0.2, 0.25) is 0 Å².